The third-order valence-electron chi connectivity index (χ3n) is 2.86. The van der Waals surface area contributed by atoms with Gasteiger partial charge < -0.3 is 5.32 Å². The van der Waals surface area contributed by atoms with Gasteiger partial charge in [0.1, 0.15) is 5.69 Å². The van der Waals surface area contributed by atoms with Crippen LogP contribution >= 0.6 is 0 Å². The first-order chi connectivity index (χ1) is 9.66. The summed E-state index contributed by atoms with van der Waals surface area (Å²) in [6, 6.07) is 6.34. The molecule has 0 unspecified atom stereocenters. The van der Waals surface area contributed by atoms with Gasteiger partial charge >= 0.3 is 0 Å². The second-order valence-electron chi connectivity index (χ2n) is 5.75. The van der Waals surface area contributed by atoms with Crippen molar-refractivity contribution in [1.29, 1.82) is 0 Å². The van der Waals surface area contributed by atoms with Crippen LogP contribution in [0.2, 0.25) is 0 Å². The fourth-order valence-electron chi connectivity index (χ4n) is 1.68. The molecule has 0 saturated carbocycles. The van der Waals surface area contributed by atoms with Crippen molar-refractivity contribution in [3.63, 3.8) is 0 Å². The van der Waals surface area contributed by atoms with Gasteiger partial charge in [-0.15, -0.1) is 5.10 Å². The maximum atomic E-state index is 11.3. The van der Waals surface area contributed by atoms with E-state index in [-0.39, 0.29) is 10.4 Å². The van der Waals surface area contributed by atoms with Gasteiger partial charge in [-0.1, -0.05) is 11.3 Å². The molecule has 0 aliphatic carbocycles. The first kappa shape index (κ1) is 15.5. The van der Waals surface area contributed by atoms with Gasteiger partial charge in [-0.05, 0) is 39.0 Å². The van der Waals surface area contributed by atoms with Crippen LogP contribution in [0.15, 0.2) is 35.4 Å². The summed E-state index contributed by atoms with van der Waals surface area (Å²) < 4.78 is 24.4. The highest BCUT2D eigenvalue weighted by atomic mass is 32.2. The lowest BCUT2D eigenvalue weighted by Gasteiger charge is -2.17. The summed E-state index contributed by atoms with van der Waals surface area (Å²) in [5, 5.41) is 16.3. The molecule has 8 heteroatoms. The van der Waals surface area contributed by atoms with Crippen LogP contribution in [0, 0.1) is 0 Å². The monoisotopic (exact) mass is 309 g/mol. The summed E-state index contributed by atoms with van der Waals surface area (Å²) >= 11 is 0. The number of anilines is 1. The fourth-order valence-corrected chi connectivity index (χ4v) is 2.24. The van der Waals surface area contributed by atoms with E-state index in [1.165, 1.54) is 12.1 Å². The summed E-state index contributed by atoms with van der Waals surface area (Å²) in [5.41, 5.74) is 1.30. The Hall–Kier alpha value is -1.93. The molecule has 0 radical (unpaired) electrons. The van der Waals surface area contributed by atoms with Crippen LogP contribution < -0.4 is 10.5 Å². The van der Waals surface area contributed by atoms with Gasteiger partial charge in [0, 0.05) is 5.69 Å². The molecular formula is C13H19N5O2S. The number of nitrogens with two attached hydrogens (primary N) is 1. The lowest BCUT2D eigenvalue weighted by Crippen LogP contribution is -2.22. The van der Waals surface area contributed by atoms with Gasteiger partial charge in [-0.25, -0.2) is 18.2 Å². The zero-order valence-electron chi connectivity index (χ0n) is 12.2. The molecule has 1 heterocycles. The molecule has 0 amide bonds. The van der Waals surface area contributed by atoms with E-state index in [1.807, 2.05) is 27.0 Å². The van der Waals surface area contributed by atoms with Crippen molar-refractivity contribution >= 4 is 15.7 Å². The van der Waals surface area contributed by atoms with E-state index in [9.17, 15) is 8.42 Å². The summed E-state index contributed by atoms with van der Waals surface area (Å²) in [6.45, 7) is 6.56. The van der Waals surface area contributed by atoms with Crippen molar-refractivity contribution in [1.82, 2.24) is 15.0 Å². The van der Waals surface area contributed by atoms with Crippen LogP contribution in [0.4, 0.5) is 5.69 Å². The van der Waals surface area contributed by atoms with Gasteiger partial charge in [-0.3, -0.25) is 0 Å². The third-order valence-corrected chi connectivity index (χ3v) is 3.78. The Morgan fingerprint density at radius 2 is 2.05 bits per heavy atom. The number of hydrogen-bond acceptors (Lipinski definition) is 5. The zero-order valence-corrected chi connectivity index (χ0v) is 13.1. The minimum atomic E-state index is -3.70. The summed E-state index contributed by atoms with van der Waals surface area (Å²) in [6.07, 6.45) is 1.86. The van der Waals surface area contributed by atoms with Crippen molar-refractivity contribution in [2.45, 2.75) is 37.8 Å². The Kier molecular flexibility index (Phi) is 4.02. The van der Waals surface area contributed by atoms with Crippen molar-refractivity contribution < 1.29 is 8.42 Å². The first-order valence-corrected chi connectivity index (χ1v) is 7.99. The first-order valence-electron chi connectivity index (χ1n) is 6.45. The van der Waals surface area contributed by atoms with Gasteiger partial charge in [0.15, 0.2) is 0 Å². The van der Waals surface area contributed by atoms with Crippen LogP contribution in [0.3, 0.4) is 0 Å². The smallest absolute Gasteiger partial charge is 0.238 e. The van der Waals surface area contributed by atoms with Crippen LogP contribution in [0.25, 0.3) is 0 Å². The third kappa shape index (κ3) is 4.02. The van der Waals surface area contributed by atoms with Crippen molar-refractivity contribution in [3.05, 3.63) is 36.2 Å². The lowest BCUT2D eigenvalue weighted by molar-refractivity contribution is 0.347. The Morgan fingerprint density at radius 3 is 2.62 bits per heavy atom. The number of hydrogen-bond donors (Lipinski definition) is 2. The molecule has 2 rings (SSSR count). The normalized spacial score (nSPS) is 12.4. The number of nitrogens with zero attached hydrogens (tertiary/aromatic N) is 3. The minimum absolute atomic E-state index is 0.0749. The number of primary sulfonamides is 1. The quantitative estimate of drug-likeness (QED) is 0.886. The lowest BCUT2D eigenvalue weighted by atomic mass is 10.1. The van der Waals surface area contributed by atoms with Gasteiger partial charge in [-0.2, -0.15) is 0 Å². The van der Waals surface area contributed by atoms with Gasteiger partial charge in [0.25, 0.3) is 0 Å². The second kappa shape index (κ2) is 5.45. The molecule has 0 fully saturated rings. The molecule has 1 aromatic carbocycles. The molecular weight excluding hydrogens is 290 g/mol. The second-order valence-corrected chi connectivity index (χ2v) is 7.31. The largest absolute Gasteiger partial charge is 0.379 e. The molecule has 3 N–H and O–H groups in total. The zero-order chi connectivity index (χ0) is 15.7. The predicted molar refractivity (Wildman–Crippen MR) is 80.2 cm³/mol. The van der Waals surface area contributed by atoms with Gasteiger partial charge in [0.2, 0.25) is 10.0 Å². The van der Waals surface area contributed by atoms with Crippen LogP contribution in [0.1, 0.15) is 26.5 Å². The molecule has 0 aliphatic heterocycles. The molecule has 0 atom stereocenters. The predicted octanol–water partition coefficient (Wildman–Crippen LogP) is 1.29. The van der Waals surface area contributed by atoms with Crippen LogP contribution in [-0.2, 0) is 22.1 Å². The van der Waals surface area contributed by atoms with Crippen molar-refractivity contribution in [3.8, 4) is 0 Å². The minimum Gasteiger partial charge on any atom is -0.379 e. The molecule has 1 aromatic heterocycles. The van der Waals surface area contributed by atoms with Gasteiger partial charge in [0.05, 0.1) is 23.2 Å². The molecule has 0 aliphatic rings. The van der Waals surface area contributed by atoms with E-state index in [2.05, 4.69) is 15.6 Å². The fraction of sp³-hybridized carbons (Fsp3) is 0.385. The molecule has 21 heavy (non-hydrogen) atoms. The average molecular weight is 309 g/mol. The maximum absolute atomic E-state index is 11.3. The van der Waals surface area contributed by atoms with E-state index in [0.29, 0.717) is 12.2 Å². The Bertz CT molecular complexity index is 731. The summed E-state index contributed by atoms with van der Waals surface area (Å²) in [5.74, 6) is 0. The highest BCUT2D eigenvalue weighted by molar-refractivity contribution is 7.89. The maximum Gasteiger partial charge on any atom is 0.238 e. The number of sulfonamides is 1. The Balaban J connectivity index is 2.09. The molecule has 7 nitrogen and oxygen atoms in total. The number of nitrogens with one attached hydrogen (secondary N) is 1. The van der Waals surface area contributed by atoms with Crippen LogP contribution in [-0.4, -0.2) is 23.4 Å². The molecule has 0 spiro atoms. The molecule has 0 bridgehead atoms. The average Bonchev–Trinajstić information content (AvgIpc) is 2.84. The molecule has 114 valence electrons. The van der Waals surface area contributed by atoms with E-state index >= 15 is 0 Å². The number of benzene rings is 1. The van der Waals surface area contributed by atoms with E-state index in [0.717, 1.165) is 5.69 Å². The van der Waals surface area contributed by atoms with E-state index < -0.39 is 10.0 Å². The standard InChI is InChI=1S/C13H19N5O2S/c1-13(2,3)18-9-11(16-17-18)8-15-10-5-4-6-12(7-10)21(14,19)20/h4-7,9,15H,8H2,1-3H3,(H2,14,19,20). The number of rotatable bonds is 4. The van der Waals surface area contributed by atoms with E-state index in [4.69, 9.17) is 5.14 Å². The van der Waals surface area contributed by atoms with Crippen molar-refractivity contribution in [2.75, 3.05) is 5.32 Å². The number of aromatic nitrogens is 3. The summed E-state index contributed by atoms with van der Waals surface area (Å²) in [7, 11) is -3.70. The highest BCUT2D eigenvalue weighted by Gasteiger charge is 2.15. The Labute approximate surface area is 124 Å². The Morgan fingerprint density at radius 1 is 1.33 bits per heavy atom. The van der Waals surface area contributed by atoms with Crippen molar-refractivity contribution in [2.24, 2.45) is 5.14 Å². The highest BCUT2D eigenvalue weighted by Crippen LogP contribution is 2.16. The molecule has 0 saturated heterocycles. The SMILES string of the molecule is CC(C)(C)n1cc(CNc2cccc(S(N)(=O)=O)c2)nn1. The van der Waals surface area contributed by atoms with E-state index in [1.54, 1.807) is 16.8 Å². The summed E-state index contributed by atoms with van der Waals surface area (Å²) in [4.78, 5) is 0.0749. The van der Waals surface area contributed by atoms with Crippen LogP contribution in [0.5, 0.6) is 0 Å². The topological polar surface area (TPSA) is 103 Å². The molecule has 2 aromatic rings.